The van der Waals surface area contributed by atoms with E-state index in [0.29, 0.717) is 23.9 Å². The number of nitrogens with zero attached hydrogens (tertiary/aromatic N) is 1. The number of rotatable bonds is 41. The van der Waals surface area contributed by atoms with E-state index >= 15 is 0 Å². The van der Waals surface area contributed by atoms with E-state index in [1.54, 1.807) is 6.08 Å². The Balaban J connectivity index is 4.26. The Morgan fingerprint density at radius 3 is 1.44 bits per heavy atom. The van der Waals surface area contributed by atoms with E-state index < -0.39 is 20.0 Å². The zero-order valence-electron chi connectivity index (χ0n) is 36.2. The van der Waals surface area contributed by atoms with E-state index in [9.17, 15) is 19.4 Å². The van der Waals surface area contributed by atoms with Gasteiger partial charge < -0.3 is 19.8 Å². The van der Waals surface area contributed by atoms with Crippen LogP contribution in [0.15, 0.2) is 24.3 Å². The van der Waals surface area contributed by atoms with Crippen LogP contribution in [0.5, 0.6) is 0 Å². The van der Waals surface area contributed by atoms with E-state index in [2.05, 4.69) is 31.3 Å². The molecule has 0 heterocycles. The molecule has 0 aliphatic rings. The van der Waals surface area contributed by atoms with Gasteiger partial charge in [-0.3, -0.25) is 13.8 Å². The minimum absolute atomic E-state index is 0.0579. The largest absolute Gasteiger partial charge is 0.472 e. The second-order valence-electron chi connectivity index (χ2n) is 16.8. The van der Waals surface area contributed by atoms with Crippen molar-refractivity contribution in [2.24, 2.45) is 0 Å². The molecule has 3 unspecified atom stereocenters. The van der Waals surface area contributed by atoms with Crippen molar-refractivity contribution in [2.45, 2.75) is 219 Å². The Labute approximate surface area is 334 Å². The summed E-state index contributed by atoms with van der Waals surface area (Å²) < 4.78 is 23.5. The monoisotopic (exact) mass is 786 g/mol. The molecule has 54 heavy (non-hydrogen) atoms. The van der Waals surface area contributed by atoms with Crippen molar-refractivity contribution in [3.05, 3.63) is 24.3 Å². The van der Waals surface area contributed by atoms with Gasteiger partial charge in [0.1, 0.15) is 13.2 Å². The summed E-state index contributed by atoms with van der Waals surface area (Å²) >= 11 is 0. The fraction of sp³-hybridized carbons (Fsp3) is 0.889. The summed E-state index contributed by atoms with van der Waals surface area (Å²) in [5.41, 5.74) is 0. The molecule has 320 valence electrons. The maximum absolute atomic E-state index is 12.8. The highest BCUT2D eigenvalue weighted by Gasteiger charge is 2.27. The van der Waals surface area contributed by atoms with Crippen molar-refractivity contribution in [1.29, 1.82) is 0 Å². The van der Waals surface area contributed by atoms with Crippen LogP contribution in [0.4, 0.5) is 0 Å². The number of aliphatic hydroxyl groups is 1. The van der Waals surface area contributed by atoms with Crippen molar-refractivity contribution in [3.63, 3.8) is 0 Å². The lowest BCUT2D eigenvalue weighted by Crippen LogP contribution is -2.45. The van der Waals surface area contributed by atoms with Crippen molar-refractivity contribution < 1.29 is 32.9 Å². The van der Waals surface area contributed by atoms with E-state index in [1.165, 1.54) is 148 Å². The highest BCUT2D eigenvalue weighted by molar-refractivity contribution is 7.47. The highest BCUT2D eigenvalue weighted by atomic mass is 31.2. The van der Waals surface area contributed by atoms with Gasteiger partial charge >= 0.3 is 7.82 Å². The number of aliphatic hydroxyl groups excluding tert-OH is 1. The van der Waals surface area contributed by atoms with Gasteiger partial charge in [-0.25, -0.2) is 4.57 Å². The summed E-state index contributed by atoms with van der Waals surface area (Å²) in [5, 5.41) is 13.8. The number of hydrogen-bond donors (Lipinski definition) is 3. The van der Waals surface area contributed by atoms with Crippen LogP contribution in [0, 0.1) is 0 Å². The van der Waals surface area contributed by atoms with Gasteiger partial charge in [0.15, 0.2) is 0 Å². The van der Waals surface area contributed by atoms with Crippen LogP contribution >= 0.6 is 7.82 Å². The van der Waals surface area contributed by atoms with Crippen LogP contribution < -0.4 is 5.32 Å². The smallest absolute Gasteiger partial charge is 0.387 e. The van der Waals surface area contributed by atoms with Gasteiger partial charge in [0.05, 0.1) is 39.9 Å². The average Bonchev–Trinajstić information content (AvgIpc) is 3.12. The van der Waals surface area contributed by atoms with Crippen LogP contribution in [0.2, 0.25) is 0 Å². The Hall–Kier alpha value is -1.02. The Morgan fingerprint density at radius 2 is 1.00 bits per heavy atom. The van der Waals surface area contributed by atoms with Gasteiger partial charge in [-0.1, -0.05) is 186 Å². The predicted molar refractivity (Wildman–Crippen MR) is 231 cm³/mol. The number of hydrogen-bond acceptors (Lipinski definition) is 5. The van der Waals surface area contributed by atoms with Crippen molar-refractivity contribution >= 4 is 13.7 Å². The number of phosphoric acid groups is 1. The Morgan fingerprint density at radius 1 is 0.611 bits per heavy atom. The third kappa shape index (κ3) is 39.2. The highest BCUT2D eigenvalue weighted by Crippen LogP contribution is 2.43. The molecule has 0 aromatic heterocycles. The number of quaternary nitrogens is 1. The van der Waals surface area contributed by atoms with E-state index in [-0.39, 0.29) is 19.1 Å². The zero-order chi connectivity index (χ0) is 40.0. The number of nitrogens with one attached hydrogen (secondary N) is 1. The van der Waals surface area contributed by atoms with Gasteiger partial charge in [-0.05, 0) is 38.5 Å². The van der Waals surface area contributed by atoms with Gasteiger partial charge in [0.2, 0.25) is 5.91 Å². The van der Waals surface area contributed by atoms with Gasteiger partial charge in [-0.15, -0.1) is 0 Å². The minimum Gasteiger partial charge on any atom is -0.387 e. The van der Waals surface area contributed by atoms with Gasteiger partial charge in [0.25, 0.3) is 0 Å². The fourth-order valence-corrected chi connectivity index (χ4v) is 7.25. The topological polar surface area (TPSA) is 105 Å². The quantitative estimate of drug-likeness (QED) is 0.0247. The maximum atomic E-state index is 12.8. The SMILES string of the molecule is CCCCCC/C=C\CCCC(=O)NC(COP(=O)(O)OCC[N+](C)(C)C)C(O)/C=C/CCCCCCCCCCCCCCCCCCCCCCC. The van der Waals surface area contributed by atoms with Crippen LogP contribution in [0.25, 0.3) is 0 Å². The Bertz CT molecular complexity index is 938. The van der Waals surface area contributed by atoms with E-state index in [0.717, 1.165) is 32.1 Å². The third-order valence-corrected chi connectivity index (χ3v) is 11.1. The van der Waals surface area contributed by atoms with Crippen molar-refractivity contribution in [3.8, 4) is 0 Å². The molecule has 0 aliphatic heterocycles. The Kier molecular flexibility index (Phi) is 36.8. The molecule has 9 heteroatoms. The van der Waals surface area contributed by atoms with Crippen molar-refractivity contribution in [2.75, 3.05) is 40.9 Å². The molecule has 8 nitrogen and oxygen atoms in total. The molecular formula is C45H90N2O6P+. The number of phosphoric ester groups is 1. The van der Waals surface area contributed by atoms with Crippen molar-refractivity contribution in [1.82, 2.24) is 5.32 Å². The second kappa shape index (κ2) is 37.6. The first-order chi connectivity index (χ1) is 26.0. The van der Waals surface area contributed by atoms with Crippen LogP contribution in [-0.2, 0) is 18.4 Å². The number of allylic oxidation sites excluding steroid dienone is 3. The number of likely N-dealkylation sites (N-methyl/N-ethyl adjacent to an activating group) is 1. The lowest BCUT2D eigenvalue weighted by atomic mass is 10.0. The number of unbranched alkanes of at least 4 members (excludes halogenated alkanes) is 26. The molecule has 0 fully saturated rings. The molecule has 0 aromatic rings. The lowest BCUT2D eigenvalue weighted by molar-refractivity contribution is -0.870. The number of carbonyl (C=O) groups is 1. The molecule has 1 amide bonds. The molecule has 0 saturated carbocycles. The minimum atomic E-state index is -4.34. The summed E-state index contributed by atoms with van der Waals surface area (Å²) in [6, 6.07) is -0.856. The van der Waals surface area contributed by atoms with E-state index in [4.69, 9.17) is 9.05 Å². The summed E-state index contributed by atoms with van der Waals surface area (Å²) in [5.74, 6) is -0.213. The lowest BCUT2D eigenvalue weighted by Gasteiger charge is -2.25. The molecule has 0 aromatic carbocycles. The molecule has 0 radical (unpaired) electrons. The average molecular weight is 786 g/mol. The molecule has 3 N–H and O–H groups in total. The second-order valence-corrected chi connectivity index (χ2v) is 18.2. The first-order valence-electron chi connectivity index (χ1n) is 22.7. The molecule has 0 bridgehead atoms. The third-order valence-electron chi connectivity index (χ3n) is 10.2. The first kappa shape index (κ1) is 53.0. The van der Waals surface area contributed by atoms with Crippen LogP contribution in [0.1, 0.15) is 206 Å². The molecular weight excluding hydrogens is 695 g/mol. The van der Waals surface area contributed by atoms with Gasteiger partial charge in [0, 0.05) is 6.42 Å². The normalized spacial score (nSPS) is 14.6. The number of carbonyl (C=O) groups excluding carboxylic acids is 1. The molecule has 0 spiro atoms. The predicted octanol–water partition coefficient (Wildman–Crippen LogP) is 12.5. The fourth-order valence-electron chi connectivity index (χ4n) is 6.52. The zero-order valence-corrected chi connectivity index (χ0v) is 37.1. The summed E-state index contributed by atoms with van der Waals surface area (Å²) in [6.07, 6.45) is 44.2. The van der Waals surface area contributed by atoms with Crippen LogP contribution in [-0.4, -0.2) is 73.4 Å². The molecule has 0 saturated heterocycles. The van der Waals surface area contributed by atoms with Gasteiger partial charge in [-0.2, -0.15) is 0 Å². The summed E-state index contributed by atoms with van der Waals surface area (Å²) in [4.78, 5) is 23.0. The van der Waals surface area contributed by atoms with E-state index in [1.807, 2.05) is 27.2 Å². The van der Waals surface area contributed by atoms with Crippen LogP contribution in [0.3, 0.4) is 0 Å². The molecule has 0 rings (SSSR count). The molecule has 3 atom stereocenters. The standard InChI is InChI=1S/C45H89N2O6P/c1-6-8-10-12-14-16-17-18-19-20-21-22-23-24-25-26-27-28-29-31-32-34-36-38-44(48)43(42-53-54(50,51)52-41-40-47(3,4)5)46-45(49)39-37-35-33-30-15-13-11-9-7-2/h30,33,36,38,43-44,48H,6-29,31-32,34-35,37,39-42H2,1-5H3,(H-,46,49,50,51)/p+1/b33-30-,38-36+. The summed E-state index contributed by atoms with van der Waals surface area (Å²) in [6.45, 7) is 4.76. The first-order valence-corrected chi connectivity index (χ1v) is 24.2. The summed E-state index contributed by atoms with van der Waals surface area (Å²) in [7, 11) is 1.56. The number of amides is 1. The molecule has 0 aliphatic carbocycles. The maximum Gasteiger partial charge on any atom is 0.472 e.